The van der Waals surface area contributed by atoms with Crippen molar-refractivity contribution in [2.24, 2.45) is 0 Å². The van der Waals surface area contributed by atoms with Crippen LogP contribution in [0.2, 0.25) is 0 Å². The van der Waals surface area contributed by atoms with Crippen LogP contribution < -0.4 is 5.32 Å². The van der Waals surface area contributed by atoms with Crippen LogP contribution in [0.4, 0.5) is 0 Å². The Labute approximate surface area is 92.3 Å². The highest BCUT2D eigenvalue weighted by Crippen LogP contribution is 2.20. The Balaban J connectivity index is 2.71. The van der Waals surface area contributed by atoms with Crippen molar-refractivity contribution in [1.82, 2.24) is 5.32 Å². The summed E-state index contributed by atoms with van der Waals surface area (Å²) in [5.74, 6) is 0.598. The second-order valence-electron chi connectivity index (χ2n) is 4.05. The van der Waals surface area contributed by atoms with Crippen LogP contribution >= 0.6 is 0 Å². The predicted molar refractivity (Wildman–Crippen MR) is 64.0 cm³/mol. The summed E-state index contributed by atoms with van der Waals surface area (Å²) in [6.45, 7) is 5.01. The monoisotopic (exact) mass is 207 g/mol. The molecule has 0 saturated carbocycles. The van der Waals surface area contributed by atoms with Crippen LogP contribution in [-0.2, 0) is 0 Å². The minimum atomic E-state index is -0.402. The molecule has 15 heavy (non-hydrogen) atoms. The Morgan fingerprint density at radius 2 is 1.73 bits per heavy atom. The van der Waals surface area contributed by atoms with Crippen LogP contribution in [0.5, 0.6) is 0 Å². The van der Waals surface area contributed by atoms with Gasteiger partial charge in [0.15, 0.2) is 0 Å². The molecular weight excluding hydrogens is 186 g/mol. The molecule has 2 unspecified atom stereocenters. The number of hydrogen-bond acceptors (Lipinski definition) is 2. The maximum absolute atomic E-state index is 9.74. The van der Waals surface area contributed by atoms with Crippen molar-refractivity contribution in [2.45, 2.75) is 32.3 Å². The van der Waals surface area contributed by atoms with Gasteiger partial charge in [-0.2, -0.15) is 0 Å². The predicted octanol–water partition coefficient (Wildman–Crippen LogP) is 2.45. The molecule has 2 atom stereocenters. The van der Waals surface area contributed by atoms with Crippen molar-refractivity contribution in [3.8, 4) is 0 Å². The van der Waals surface area contributed by atoms with Crippen molar-refractivity contribution in [3.63, 3.8) is 0 Å². The lowest BCUT2D eigenvalue weighted by Crippen LogP contribution is -2.16. The van der Waals surface area contributed by atoms with Gasteiger partial charge in [-0.05, 0) is 30.5 Å². The fraction of sp³-hybridized carbons (Fsp3) is 0.538. The van der Waals surface area contributed by atoms with E-state index in [0.29, 0.717) is 12.5 Å². The quantitative estimate of drug-likeness (QED) is 0.777. The smallest absolute Gasteiger partial charge is 0.0914 e. The fourth-order valence-corrected chi connectivity index (χ4v) is 1.59. The van der Waals surface area contributed by atoms with E-state index in [1.54, 1.807) is 0 Å². The van der Waals surface area contributed by atoms with Crippen LogP contribution in [0, 0.1) is 0 Å². The maximum Gasteiger partial charge on any atom is 0.0914 e. The van der Waals surface area contributed by atoms with Crippen LogP contribution in [-0.4, -0.2) is 18.7 Å². The highest BCUT2D eigenvalue weighted by Gasteiger charge is 2.07. The number of aliphatic hydroxyl groups is 1. The van der Waals surface area contributed by atoms with Gasteiger partial charge in [-0.15, -0.1) is 0 Å². The SMILES string of the molecule is CCC(C)c1ccc(C(O)CNC)cc1. The van der Waals surface area contributed by atoms with E-state index >= 15 is 0 Å². The zero-order valence-corrected chi connectivity index (χ0v) is 9.83. The molecule has 0 fully saturated rings. The topological polar surface area (TPSA) is 32.3 Å². The minimum absolute atomic E-state index is 0.402. The molecule has 2 heteroatoms. The molecule has 1 aromatic rings. The van der Waals surface area contributed by atoms with Gasteiger partial charge in [0, 0.05) is 6.54 Å². The van der Waals surface area contributed by atoms with E-state index in [1.807, 2.05) is 19.2 Å². The van der Waals surface area contributed by atoms with E-state index in [9.17, 15) is 5.11 Å². The Morgan fingerprint density at radius 1 is 1.20 bits per heavy atom. The summed E-state index contributed by atoms with van der Waals surface area (Å²) in [5.41, 5.74) is 2.33. The summed E-state index contributed by atoms with van der Waals surface area (Å²) in [5, 5.41) is 12.7. The average molecular weight is 207 g/mol. The number of hydrogen-bond donors (Lipinski definition) is 2. The molecule has 0 spiro atoms. The highest BCUT2D eigenvalue weighted by atomic mass is 16.3. The fourth-order valence-electron chi connectivity index (χ4n) is 1.59. The molecule has 2 N–H and O–H groups in total. The molecule has 0 aromatic heterocycles. The van der Waals surface area contributed by atoms with E-state index in [0.717, 1.165) is 12.0 Å². The third-order valence-corrected chi connectivity index (χ3v) is 2.90. The summed E-state index contributed by atoms with van der Waals surface area (Å²) >= 11 is 0. The molecule has 0 aliphatic rings. The number of benzene rings is 1. The number of aliphatic hydroxyl groups excluding tert-OH is 1. The molecular formula is C13H21NO. The summed E-state index contributed by atoms with van der Waals surface area (Å²) in [6, 6.07) is 8.26. The normalized spacial score (nSPS) is 14.9. The van der Waals surface area contributed by atoms with E-state index in [4.69, 9.17) is 0 Å². The zero-order chi connectivity index (χ0) is 11.3. The molecule has 1 aromatic carbocycles. The second kappa shape index (κ2) is 5.89. The van der Waals surface area contributed by atoms with Crippen molar-refractivity contribution in [3.05, 3.63) is 35.4 Å². The van der Waals surface area contributed by atoms with Crippen molar-refractivity contribution < 1.29 is 5.11 Å². The first-order chi connectivity index (χ1) is 7.19. The largest absolute Gasteiger partial charge is 0.387 e. The van der Waals surface area contributed by atoms with Crippen LogP contribution in [0.1, 0.15) is 43.4 Å². The highest BCUT2D eigenvalue weighted by molar-refractivity contribution is 5.26. The van der Waals surface area contributed by atoms with Gasteiger partial charge >= 0.3 is 0 Å². The third kappa shape index (κ3) is 3.33. The average Bonchev–Trinajstić information content (AvgIpc) is 2.28. The Hall–Kier alpha value is -0.860. The van der Waals surface area contributed by atoms with Gasteiger partial charge < -0.3 is 10.4 Å². The van der Waals surface area contributed by atoms with E-state index in [-0.39, 0.29) is 0 Å². The lowest BCUT2D eigenvalue weighted by atomic mass is 9.96. The van der Waals surface area contributed by atoms with E-state index in [2.05, 4.69) is 31.3 Å². The Kier molecular flexibility index (Phi) is 4.79. The van der Waals surface area contributed by atoms with Crippen molar-refractivity contribution >= 4 is 0 Å². The van der Waals surface area contributed by atoms with Gasteiger partial charge in [0.05, 0.1) is 6.10 Å². The van der Waals surface area contributed by atoms with Gasteiger partial charge in [-0.3, -0.25) is 0 Å². The summed E-state index contributed by atoms with van der Waals surface area (Å²) < 4.78 is 0. The molecule has 2 nitrogen and oxygen atoms in total. The van der Waals surface area contributed by atoms with Gasteiger partial charge in [0.1, 0.15) is 0 Å². The molecule has 0 aliphatic heterocycles. The lowest BCUT2D eigenvalue weighted by molar-refractivity contribution is 0.178. The van der Waals surface area contributed by atoms with Crippen LogP contribution in [0.3, 0.4) is 0 Å². The molecule has 0 saturated heterocycles. The van der Waals surface area contributed by atoms with E-state index in [1.165, 1.54) is 5.56 Å². The first-order valence-electron chi connectivity index (χ1n) is 5.61. The molecule has 0 bridgehead atoms. The molecule has 0 heterocycles. The Bertz CT molecular complexity index is 281. The molecule has 0 amide bonds. The standard InChI is InChI=1S/C13H21NO/c1-4-10(2)11-5-7-12(8-6-11)13(15)9-14-3/h5-8,10,13-15H,4,9H2,1-3H3. The minimum Gasteiger partial charge on any atom is -0.387 e. The maximum atomic E-state index is 9.74. The van der Waals surface area contributed by atoms with Crippen molar-refractivity contribution in [1.29, 1.82) is 0 Å². The van der Waals surface area contributed by atoms with Gasteiger partial charge in [0.2, 0.25) is 0 Å². The lowest BCUT2D eigenvalue weighted by Gasteiger charge is -2.13. The van der Waals surface area contributed by atoms with E-state index < -0.39 is 6.10 Å². The number of rotatable bonds is 5. The molecule has 84 valence electrons. The molecule has 0 radical (unpaired) electrons. The van der Waals surface area contributed by atoms with Crippen LogP contribution in [0.15, 0.2) is 24.3 Å². The molecule has 1 rings (SSSR count). The van der Waals surface area contributed by atoms with Gasteiger partial charge in [-0.25, -0.2) is 0 Å². The summed E-state index contributed by atoms with van der Waals surface area (Å²) in [4.78, 5) is 0. The summed E-state index contributed by atoms with van der Waals surface area (Å²) in [7, 11) is 1.84. The van der Waals surface area contributed by atoms with Gasteiger partial charge in [-0.1, -0.05) is 38.1 Å². The van der Waals surface area contributed by atoms with Crippen LogP contribution in [0.25, 0.3) is 0 Å². The molecule has 0 aliphatic carbocycles. The van der Waals surface area contributed by atoms with Crippen molar-refractivity contribution in [2.75, 3.05) is 13.6 Å². The number of nitrogens with one attached hydrogen (secondary N) is 1. The second-order valence-corrected chi connectivity index (χ2v) is 4.05. The Morgan fingerprint density at radius 3 is 2.20 bits per heavy atom. The summed E-state index contributed by atoms with van der Waals surface area (Å²) in [6.07, 6.45) is 0.749. The third-order valence-electron chi connectivity index (χ3n) is 2.90. The van der Waals surface area contributed by atoms with Gasteiger partial charge in [0.25, 0.3) is 0 Å². The first kappa shape index (κ1) is 12.2. The first-order valence-corrected chi connectivity index (χ1v) is 5.61. The zero-order valence-electron chi connectivity index (χ0n) is 9.83. The number of likely N-dealkylation sites (N-methyl/N-ethyl adjacent to an activating group) is 1.